The summed E-state index contributed by atoms with van der Waals surface area (Å²) < 4.78 is 0. The van der Waals surface area contributed by atoms with Gasteiger partial charge in [0.05, 0.1) is 0 Å². The molecule has 1 aromatic heterocycles. The van der Waals surface area contributed by atoms with E-state index in [9.17, 15) is 4.79 Å². The van der Waals surface area contributed by atoms with E-state index in [0.29, 0.717) is 17.9 Å². The lowest BCUT2D eigenvalue weighted by Crippen LogP contribution is -2.40. The molecule has 1 unspecified atom stereocenters. The number of nitrogens with one attached hydrogen (secondary N) is 1. The lowest BCUT2D eigenvalue weighted by Gasteiger charge is -2.27. The summed E-state index contributed by atoms with van der Waals surface area (Å²) in [7, 11) is 0. The van der Waals surface area contributed by atoms with Crippen molar-refractivity contribution in [2.75, 3.05) is 18.0 Å². The molecule has 1 aliphatic heterocycles. The van der Waals surface area contributed by atoms with Gasteiger partial charge in [0.2, 0.25) is 0 Å². The number of carbonyl (C=O) groups excluding carboxylic acids is 1. The number of amides is 1. The Balaban J connectivity index is 1.84. The lowest BCUT2D eigenvalue weighted by molar-refractivity contribution is 0.0995. The van der Waals surface area contributed by atoms with Crippen LogP contribution in [0.2, 0.25) is 0 Å². The molecule has 0 aromatic carbocycles. The monoisotopic (exact) mass is 261 g/mol. The van der Waals surface area contributed by atoms with Crippen LogP contribution in [0.4, 0.5) is 5.82 Å². The first-order valence-electron chi connectivity index (χ1n) is 6.86. The molecule has 6 heteroatoms. The number of aromatic nitrogens is 2. The van der Waals surface area contributed by atoms with E-state index in [0.717, 1.165) is 25.9 Å². The summed E-state index contributed by atoms with van der Waals surface area (Å²) in [6.45, 7) is 1.95. The zero-order valence-electron chi connectivity index (χ0n) is 10.9. The van der Waals surface area contributed by atoms with Crippen molar-refractivity contribution in [3.05, 3.63) is 18.1 Å². The second-order valence-electron chi connectivity index (χ2n) is 5.27. The number of carbonyl (C=O) groups is 1. The molecule has 102 valence electrons. The van der Waals surface area contributed by atoms with Crippen molar-refractivity contribution in [3.8, 4) is 0 Å². The van der Waals surface area contributed by atoms with Crippen LogP contribution in [0.3, 0.4) is 0 Å². The number of hydrogen-bond acceptors (Lipinski definition) is 5. The van der Waals surface area contributed by atoms with Crippen LogP contribution in [0, 0.1) is 0 Å². The van der Waals surface area contributed by atoms with Gasteiger partial charge in [0.15, 0.2) is 11.5 Å². The number of hydrogen-bond donors (Lipinski definition) is 2. The zero-order valence-corrected chi connectivity index (χ0v) is 10.9. The first-order valence-corrected chi connectivity index (χ1v) is 6.86. The van der Waals surface area contributed by atoms with Crippen molar-refractivity contribution < 1.29 is 4.79 Å². The van der Waals surface area contributed by atoms with Crippen LogP contribution in [0.15, 0.2) is 12.4 Å². The molecule has 19 heavy (non-hydrogen) atoms. The van der Waals surface area contributed by atoms with E-state index in [2.05, 4.69) is 20.2 Å². The highest BCUT2D eigenvalue weighted by atomic mass is 16.1. The quantitative estimate of drug-likeness (QED) is 0.796. The van der Waals surface area contributed by atoms with Gasteiger partial charge in [0, 0.05) is 31.0 Å². The van der Waals surface area contributed by atoms with E-state index in [1.807, 2.05) is 0 Å². The maximum absolute atomic E-state index is 11.5. The molecular formula is C13H19N5O. The van der Waals surface area contributed by atoms with Gasteiger partial charge in [-0.15, -0.1) is 0 Å². The third-order valence-electron chi connectivity index (χ3n) is 3.75. The predicted molar refractivity (Wildman–Crippen MR) is 71.9 cm³/mol. The minimum absolute atomic E-state index is 0.285. The maximum Gasteiger partial charge on any atom is 0.271 e. The van der Waals surface area contributed by atoms with Gasteiger partial charge in [-0.05, 0) is 32.2 Å². The van der Waals surface area contributed by atoms with E-state index < -0.39 is 5.91 Å². The second kappa shape index (κ2) is 5.13. The largest absolute Gasteiger partial charge is 0.364 e. The summed E-state index contributed by atoms with van der Waals surface area (Å²) in [5.74, 6) is 0.138. The number of nitrogens with two attached hydrogens (primary N) is 1. The molecule has 0 spiro atoms. The van der Waals surface area contributed by atoms with Gasteiger partial charge < -0.3 is 16.0 Å². The topological polar surface area (TPSA) is 84.1 Å². The first kappa shape index (κ1) is 12.3. The summed E-state index contributed by atoms with van der Waals surface area (Å²) in [5, 5.41) is 3.48. The Morgan fingerprint density at radius 3 is 2.79 bits per heavy atom. The number of rotatable bonds is 5. The highest BCUT2D eigenvalue weighted by molar-refractivity contribution is 5.95. The highest BCUT2D eigenvalue weighted by Gasteiger charge is 2.34. The van der Waals surface area contributed by atoms with Gasteiger partial charge in [0.25, 0.3) is 5.91 Å². The van der Waals surface area contributed by atoms with Crippen LogP contribution in [-0.2, 0) is 0 Å². The van der Waals surface area contributed by atoms with Crippen LogP contribution >= 0.6 is 0 Å². The fourth-order valence-corrected chi connectivity index (χ4v) is 2.66. The third-order valence-corrected chi connectivity index (χ3v) is 3.75. The maximum atomic E-state index is 11.5. The number of primary amides is 1. The van der Waals surface area contributed by atoms with Gasteiger partial charge in [-0.1, -0.05) is 0 Å². The smallest absolute Gasteiger partial charge is 0.271 e. The van der Waals surface area contributed by atoms with E-state index in [-0.39, 0.29) is 5.69 Å². The van der Waals surface area contributed by atoms with Crippen molar-refractivity contribution in [1.82, 2.24) is 15.3 Å². The van der Waals surface area contributed by atoms with Gasteiger partial charge in [-0.25, -0.2) is 9.97 Å². The second-order valence-corrected chi connectivity index (χ2v) is 5.27. The average molecular weight is 261 g/mol. The van der Waals surface area contributed by atoms with Crippen molar-refractivity contribution in [2.24, 2.45) is 5.73 Å². The number of nitrogens with zero attached hydrogens (tertiary/aromatic N) is 3. The van der Waals surface area contributed by atoms with Crippen LogP contribution in [0.1, 0.15) is 36.2 Å². The molecule has 1 aliphatic carbocycles. The molecule has 1 saturated carbocycles. The summed E-state index contributed by atoms with van der Waals surface area (Å²) >= 11 is 0. The minimum atomic E-state index is -0.506. The summed E-state index contributed by atoms with van der Waals surface area (Å²) in [6, 6.07) is 0.959. The molecule has 0 bridgehead atoms. The summed E-state index contributed by atoms with van der Waals surface area (Å²) in [6.07, 6.45) is 7.84. The van der Waals surface area contributed by atoms with E-state index in [1.165, 1.54) is 19.0 Å². The van der Waals surface area contributed by atoms with Gasteiger partial charge in [-0.2, -0.15) is 0 Å². The van der Waals surface area contributed by atoms with Crippen molar-refractivity contribution in [1.29, 1.82) is 0 Å². The highest BCUT2D eigenvalue weighted by Crippen LogP contribution is 2.32. The Bertz CT molecular complexity index is 468. The first-order chi connectivity index (χ1) is 9.25. The van der Waals surface area contributed by atoms with E-state index in [1.54, 1.807) is 6.20 Å². The Morgan fingerprint density at radius 1 is 1.37 bits per heavy atom. The summed E-state index contributed by atoms with van der Waals surface area (Å²) in [4.78, 5) is 22.1. The molecule has 2 heterocycles. The van der Waals surface area contributed by atoms with Crippen LogP contribution in [0.25, 0.3) is 0 Å². The Morgan fingerprint density at radius 2 is 2.16 bits per heavy atom. The van der Waals surface area contributed by atoms with Crippen molar-refractivity contribution in [3.63, 3.8) is 0 Å². The fraction of sp³-hybridized carbons (Fsp3) is 0.615. The molecule has 1 atom stereocenters. The fourth-order valence-electron chi connectivity index (χ4n) is 2.66. The SMILES string of the molecule is NC(=O)c1nccnc1N(CC1CCCN1)C1CC1. The molecule has 2 aliphatic rings. The molecule has 1 amide bonds. The molecule has 0 radical (unpaired) electrons. The molecule has 6 nitrogen and oxygen atoms in total. The Kier molecular flexibility index (Phi) is 3.33. The third kappa shape index (κ3) is 2.68. The predicted octanol–water partition coefficient (Wildman–Crippen LogP) is 0.296. The lowest BCUT2D eigenvalue weighted by atomic mass is 10.2. The van der Waals surface area contributed by atoms with Gasteiger partial charge in [0.1, 0.15) is 0 Å². The zero-order chi connectivity index (χ0) is 13.2. The normalized spacial score (nSPS) is 22.4. The van der Waals surface area contributed by atoms with Gasteiger partial charge >= 0.3 is 0 Å². The van der Waals surface area contributed by atoms with Crippen molar-refractivity contribution >= 4 is 11.7 Å². The van der Waals surface area contributed by atoms with Crippen molar-refractivity contribution in [2.45, 2.75) is 37.8 Å². The van der Waals surface area contributed by atoms with E-state index in [4.69, 9.17) is 5.73 Å². The van der Waals surface area contributed by atoms with Gasteiger partial charge in [-0.3, -0.25) is 4.79 Å². The molecular weight excluding hydrogens is 242 g/mol. The molecule has 3 N–H and O–H groups in total. The molecule has 1 aromatic rings. The Labute approximate surface area is 112 Å². The molecule has 1 saturated heterocycles. The average Bonchev–Trinajstić information content (AvgIpc) is 3.13. The Hall–Kier alpha value is -1.69. The van der Waals surface area contributed by atoms with Crippen LogP contribution in [0.5, 0.6) is 0 Å². The van der Waals surface area contributed by atoms with Crippen LogP contribution in [-0.4, -0.2) is 41.0 Å². The van der Waals surface area contributed by atoms with Crippen LogP contribution < -0.4 is 16.0 Å². The number of anilines is 1. The molecule has 2 fully saturated rings. The van der Waals surface area contributed by atoms with E-state index >= 15 is 0 Å². The minimum Gasteiger partial charge on any atom is -0.364 e. The summed E-state index contributed by atoms with van der Waals surface area (Å²) in [5.41, 5.74) is 5.68. The standard InChI is InChI=1S/C13H19N5O/c14-12(19)11-13(17-7-6-16-11)18(10-3-4-10)8-9-2-1-5-15-9/h6-7,9-10,15H,1-5,8H2,(H2,14,19). The molecule has 3 rings (SSSR count).